The van der Waals surface area contributed by atoms with Gasteiger partial charge in [-0.15, -0.1) is 0 Å². The Balaban J connectivity index is 0.00000129. The summed E-state index contributed by atoms with van der Waals surface area (Å²) < 4.78 is 27.0. The quantitative estimate of drug-likeness (QED) is 0.216. The summed E-state index contributed by atoms with van der Waals surface area (Å²) in [6.07, 6.45) is 14.9. The van der Waals surface area contributed by atoms with E-state index >= 15 is 0 Å². The zero-order valence-corrected chi connectivity index (χ0v) is 19.5. The number of hydrogen-bond donors (Lipinski definition) is 1. The van der Waals surface area contributed by atoms with Crippen molar-refractivity contribution in [3.05, 3.63) is 30.3 Å². The second-order valence-corrected chi connectivity index (χ2v) is 9.22. The maximum Gasteiger partial charge on any atom is 0.261 e. The highest BCUT2D eigenvalue weighted by atomic mass is 32.2. The summed E-state index contributed by atoms with van der Waals surface area (Å²) >= 11 is 0. The summed E-state index contributed by atoms with van der Waals surface area (Å²) in [6, 6.07) is 11.1. The molecule has 0 aliphatic rings. The third-order valence-corrected chi connectivity index (χ3v) is 5.45. The second-order valence-electron chi connectivity index (χ2n) is 7.75. The number of hydrogen-bond acceptors (Lipinski definition) is 2. The lowest BCUT2D eigenvalue weighted by molar-refractivity contribution is 0.291. The number of unbranched alkanes of at least 4 members (excludes halogenated alkanes) is 9. The van der Waals surface area contributed by atoms with Crippen LogP contribution in [0.2, 0.25) is 0 Å². The van der Waals surface area contributed by atoms with E-state index in [-0.39, 0.29) is 0 Å². The topological polar surface area (TPSA) is 54.4 Å². The van der Waals surface area contributed by atoms with Crippen LogP contribution in [0, 0.1) is 0 Å². The molecule has 0 radical (unpaired) electrons. The van der Waals surface area contributed by atoms with E-state index in [0.29, 0.717) is 6.26 Å². The van der Waals surface area contributed by atoms with Gasteiger partial charge in [0.05, 0.1) is 25.9 Å². The second kappa shape index (κ2) is 15.9. The van der Waals surface area contributed by atoms with E-state index in [2.05, 4.69) is 51.1 Å². The van der Waals surface area contributed by atoms with Crippen LogP contribution in [0.3, 0.4) is 0 Å². The van der Waals surface area contributed by atoms with Crippen molar-refractivity contribution in [2.45, 2.75) is 85.0 Å². The maximum absolute atomic E-state index is 9.19. The number of nitrogens with zero attached hydrogens (tertiary/aromatic N) is 1. The highest BCUT2D eigenvalue weighted by Crippen LogP contribution is 2.23. The van der Waals surface area contributed by atoms with Gasteiger partial charge >= 0.3 is 0 Å². The summed E-state index contributed by atoms with van der Waals surface area (Å²) in [5.74, 6) is 0. The minimum absolute atomic E-state index is 0.715. The molecule has 4 nitrogen and oxygen atoms in total. The van der Waals surface area contributed by atoms with Gasteiger partial charge in [0.15, 0.2) is 0 Å². The Bertz CT molecular complexity index is 561. The van der Waals surface area contributed by atoms with E-state index in [1.54, 1.807) is 0 Å². The Hall–Kier alpha value is -0.910. The summed E-state index contributed by atoms with van der Waals surface area (Å²) in [7, 11) is -3.67. The Kier molecular flexibility index (Phi) is 15.4. The van der Waals surface area contributed by atoms with Crippen LogP contribution >= 0.6 is 0 Å². The summed E-state index contributed by atoms with van der Waals surface area (Å²) in [4.78, 5) is 0. The lowest BCUT2D eigenvalue weighted by Gasteiger charge is -2.36. The van der Waals surface area contributed by atoms with Gasteiger partial charge in [-0.1, -0.05) is 76.5 Å². The monoisotopic (exact) mass is 414 g/mol. The van der Waals surface area contributed by atoms with Crippen molar-refractivity contribution < 1.29 is 13.0 Å². The molecule has 0 atom stereocenters. The molecule has 0 fully saturated rings. The van der Waals surface area contributed by atoms with Crippen LogP contribution in [-0.2, 0) is 10.1 Å². The van der Waals surface area contributed by atoms with Crippen LogP contribution in [0.25, 0.3) is 0 Å². The van der Waals surface area contributed by atoms with Gasteiger partial charge in [-0.2, -0.15) is 8.42 Å². The summed E-state index contributed by atoms with van der Waals surface area (Å²) in [5.41, 5.74) is 1.49. The predicted molar refractivity (Wildman–Crippen MR) is 124 cm³/mol. The molecule has 0 bridgehead atoms. The zero-order chi connectivity index (χ0) is 21.3. The summed E-state index contributed by atoms with van der Waals surface area (Å²) in [6.45, 7) is 10.7. The largest absolute Gasteiger partial charge is 0.292 e. The molecule has 1 N–H and O–H groups in total. The SMILES string of the molecule is CCCCCCCCCCCC[N+](CC)(CC)c1ccccc1.CS(=O)(=O)O. The molecular weight excluding hydrogens is 370 g/mol. The van der Waals surface area contributed by atoms with Crippen molar-refractivity contribution in [1.29, 1.82) is 0 Å². The van der Waals surface area contributed by atoms with Gasteiger partial charge in [0.2, 0.25) is 0 Å². The van der Waals surface area contributed by atoms with Crippen molar-refractivity contribution in [1.82, 2.24) is 4.48 Å². The Labute approximate surface area is 174 Å². The number of quaternary nitrogens is 1. The van der Waals surface area contributed by atoms with Crippen LogP contribution in [0.5, 0.6) is 0 Å². The van der Waals surface area contributed by atoms with Crippen LogP contribution in [-0.4, -0.2) is 38.9 Å². The molecule has 0 saturated carbocycles. The molecule has 0 amide bonds. The van der Waals surface area contributed by atoms with Crippen molar-refractivity contribution in [2.75, 3.05) is 25.9 Å². The molecule has 0 aliphatic heterocycles. The predicted octanol–water partition coefficient (Wildman–Crippen LogP) is 6.46. The standard InChI is InChI=1S/C22H40N.CH4O3S/c1-4-7-8-9-10-11-12-13-14-18-21-23(5-2,6-3)22-19-16-15-17-20-22;1-5(2,3)4/h15-17,19-20H,4-14,18,21H2,1-3H3;1H3,(H,2,3,4)/q+1;. The fourth-order valence-electron chi connectivity index (χ4n) is 3.68. The Morgan fingerprint density at radius 3 is 1.54 bits per heavy atom. The number of para-hydroxylation sites is 1. The average molecular weight is 415 g/mol. The van der Waals surface area contributed by atoms with Crippen molar-refractivity contribution in [3.63, 3.8) is 0 Å². The van der Waals surface area contributed by atoms with E-state index in [0.717, 1.165) is 4.48 Å². The fraction of sp³-hybridized carbons (Fsp3) is 0.739. The first-order chi connectivity index (χ1) is 13.3. The Morgan fingerprint density at radius 1 is 0.750 bits per heavy atom. The highest BCUT2D eigenvalue weighted by molar-refractivity contribution is 7.85. The van der Waals surface area contributed by atoms with E-state index in [1.807, 2.05) is 0 Å². The van der Waals surface area contributed by atoms with Crippen molar-refractivity contribution in [2.24, 2.45) is 0 Å². The van der Waals surface area contributed by atoms with Crippen molar-refractivity contribution >= 4 is 15.8 Å². The van der Waals surface area contributed by atoms with Gasteiger partial charge < -0.3 is 0 Å². The van der Waals surface area contributed by atoms with E-state index in [9.17, 15) is 8.42 Å². The minimum Gasteiger partial charge on any atom is -0.292 e. The van der Waals surface area contributed by atoms with E-state index in [1.165, 1.54) is 89.5 Å². The molecule has 0 aliphatic carbocycles. The fourth-order valence-corrected chi connectivity index (χ4v) is 3.68. The lowest BCUT2D eigenvalue weighted by Crippen LogP contribution is -2.49. The van der Waals surface area contributed by atoms with Crippen LogP contribution in [0.15, 0.2) is 30.3 Å². The molecule has 0 saturated heterocycles. The van der Waals surface area contributed by atoms with Gasteiger partial charge in [0.25, 0.3) is 10.1 Å². The van der Waals surface area contributed by atoms with Gasteiger partial charge in [-0.05, 0) is 38.8 Å². The summed E-state index contributed by atoms with van der Waals surface area (Å²) in [5, 5.41) is 0. The maximum atomic E-state index is 9.19. The minimum atomic E-state index is -3.67. The molecule has 1 aromatic carbocycles. The molecule has 28 heavy (non-hydrogen) atoms. The third kappa shape index (κ3) is 14.1. The number of benzene rings is 1. The van der Waals surface area contributed by atoms with E-state index in [4.69, 9.17) is 4.55 Å². The van der Waals surface area contributed by atoms with Crippen LogP contribution in [0.4, 0.5) is 5.69 Å². The normalized spacial score (nSPS) is 11.8. The molecule has 1 rings (SSSR count). The molecular formula is C23H44NO3S+. The van der Waals surface area contributed by atoms with Crippen molar-refractivity contribution in [3.8, 4) is 0 Å². The molecule has 1 aromatic rings. The molecule has 164 valence electrons. The Morgan fingerprint density at radius 2 is 1.14 bits per heavy atom. The van der Waals surface area contributed by atoms with Crippen LogP contribution in [0.1, 0.15) is 85.0 Å². The van der Waals surface area contributed by atoms with Gasteiger partial charge in [-0.25, -0.2) is 0 Å². The smallest absolute Gasteiger partial charge is 0.261 e. The molecule has 0 heterocycles. The molecule has 0 spiro atoms. The lowest BCUT2D eigenvalue weighted by atomic mass is 10.1. The molecule has 0 unspecified atom stereocenters. The van der Waals surface area contributed by atoms with E-state index < -0.39 is 10.1 Å². The number of rotatable bonds is 14. The van der Waals surface area contributed by atoms with Crippen LogP contribution < -0.4 is 4.48 Å². The first-order valence-electron chi connectivity index (χ1n) is 11.1. The van der Waals surface area contributed by atoms with Gasteiger partial charge in [-0.3, -0.25) is 9.04 Å². The highest BCUT2D eigenvalue weighted by Gasteiger charge is 2.25. The van der Waals surface area contributed by atoms with Gasteiger partial charge in [0.1, 0.15) is 5.69 Å². The first-order valence-corrected chi connectivity index (χ1v) is 13.0. The third-order valence-electron chi connectivity index (χ3n) is 5.45. The zero-order valence-electron chi connectivity index (χ0n) is 18.7. The molecule has 0 aromatic heterocycles. The van der Waals surface area contributed by atoms with Gasteiger partial charge in [0, 0.05) is 0 Å². The average Bonchev–Trinajstić information content (AvgIpc) is 2.66. The molecule has 5 heteroatoms. The first kappa shape index (κ1) is 27.1.